The van der Waals surface area contributed by atoms with E-state index in [0.717, 1.165) is 0 Å². The number of hydrogen-bond donors (Lipinski definition) is 3. The molecule has 0 aliphatic carbocycles. The van der Waals surface area contributed by atoms with Gasteiger partial charge in [-0.25, -0.2) is 0 Å². The average molecular weight is 500 g/mol. The Morgan fingerprint density at radius 2 is 1.92 bits per heavy atom. The zero-order valence-corrected chi connectivity index (χ0v) is 20.4. The number of benzene rings is 1. The number of aromatic amines is 1. The van der Waals surface area contributed by atoms with Crippen LogP contribution in [0.3, 0.4) is 0 Å². The zero-order chi connectivity index (χ0) is 25.8. The molecule has 36 heavy (non-hydrogen) atoms. The molecule has 1 saturated heterocycles. The van der Waals surface area contributed by atoms with Crippen LogP contribution >= 0.6 is 0 Å². The molecule has 1 aromatic carbocycles. The number of rotatable bonds is 7. The molecule has 0 spiro atoms. The second-order valence-electron chi connectivity index (χ2n) is 8.53. The summed E-state index contributed by atoms with van der Waals surface area (Å²) in [5, 5.41) is 5.36. The van der Waals surface area contributed by atoms with Crippen molar-refractivity contribution in [2.75, 3.05) is 49.4 Å². The molecule has 3 heterocycles. The summed E-state index contributed by atoms with van der Waals surface area (Å²) in [6.45, 7) is 3.07. The molecule has 192 valence electrons. The number of esters is 1. The summed E-state index contributed by atoms with van der Waals surface area (Å²) in [6.07, 6.45) is 0.910. The highest BCUT2D eigenvalue weighted by atomic mass is 16.5. The van der Waals surface area contributed by atoms with Crippen LogP contribution in [-0.2, 0) is 19.1 Å². The van der Waals surface area contributed by atoms with Crippen molar-refractivity contribution in [3.63, 3.8) is 0 Å². The number of H-pyrrole nitrogens is 1. The summed E-state index contributed by atoms with van der Waals surface area (Å²) >= 11 is 0. The van der Waals surface area contributed by atoms with E-state index >= 15 is 0 Å². The fraction of sp³-hybridized carbons (Fsp3) is 0.458. The third-order valence-electron chi connectivity index (χ3n) is 6.34. The lowest BCUT2D eigenvalue weighted by Gasteiger charge is -2.32. The largest absolute Gasteiger partial charge is 0.497 e. The number of carbonyl (C=O) groups excluding carboxylic acids is 3. The van der Waals surface area contributed by atoms with Gasteiger partial charge < -0.3 is 29.7 Å². The average Bonchev–Trinajstić information content (AvgIpc) is 2.88. The first-order chi connectivity index (χ1) is 17.3. The van der Waals surface area contributed by atoms with Gasteiger partial charge in [0, 0.05) is 25.6 Å². The van der Waals surface area contributed by atoms with Gasteiger partial charge in [-0.05, 0) is 31.9 Å². The van der Waals surface area contributed by atoms with Crippen LogP contribution in [0, 0.1) is 5.92 Å². The number of methoxy groups -OCH3 is 2. The van der Waals surface area contributed by atoms with Crippen LogP contribution in [0.5, 0.6) is 11.5 Å². The molecule has 0 unspecified atom stereocenters. The predicted molar refractivity (Wildman–Crippen MR) is 131 cm³/mol. The summed E-state index contributed by atoms with van der Waals surface area (Å²) in [7, 11) is 2.97. The Labute approximate surface area is 207 Å². The number of anilines is 3. The van der Waals surface area contributed by atoms with Crippen LogP contribution in [0.2, 0.25) is 0 Å². The highest BCUT2D eigenvalue weighted by Crippen LogP contribution is 2.34. The molecule has 3 N–H and O–H groups in total. The Morgan fingerprint density at radius 3 is 2.58 bits per heavy atom. The number of amides is 2. The quantitative estimate of drug-likeness (QED) is 0.483. The first kappa shape index (κ1) is 25.0. The van der Waals surface area contributed by atoms with E-state index in [-0.39, 0.29) is 35.6 Å². The zero-order valence-electron chi connectivity index (χ0n) is 20.4. The molecule has 2 aliphatic rings. The third kappa shape index (κ3) is 5.11. The van der Waals surface area contributed by atoms with Crippen molar-refractivity contribution >= 4 is 35.2 Å². The topological polar surface area (TPSA) is 152 Å². The summed E-state index contributed by atoms with van der Waals surface area (Å²) < 4.78 is 15.6. The van der Waals surface area contributed by atoms with Crippen molar-refractivity contribution in [2.24, 2.45) is 5.92 Å². The maximum Gasteiger partial charge on any atom is 0.309 e. The third-order valence-corrected chi connectivity index (χ3v) is 6.34. The van der Waals surface area contributed by atoms with Crippen molar-refractivity contribution in [3.8, 4) is 11.5 Å². The number of aromatic nitrogens is 2. The number of carbonyl (C=O) groups is 3. The van der Waals surface area contributed by atoms with Crippen molar-refractivity contribution in [1.82, 2.24) is 9.97 Å². The Bertz CT molecular complexity index is 1220. The van der Waals surface area contributed by atoms with Crippen molar-refractivity contribution in [3.05, 3.63) is 34.1 Å². The SMILES string of the molecule is CCOC(=O)C1CCN(c2nc3c(c(=O)[nH]2)[C@H](C(=O)Nc2ccc(OC)cc2OC)CC(=O)N3)CC1. The maximum atomic E-state index is 13.2. The molecule has 2 aromatic rings. The lowest BCUT2D eigenvalue weighted by atomic mass is 9.92. The molecule has 2 aliphatic heterocycles. The van der Waals surface area contributed by atoms with Crippen molar-refractivity contribution in [2.45, 2.75) is 32.1 Å². The van der Waals surface area contributed by atoms with Crippen molar-refractivity contribution in [1.29, 1.82) is 0 Å². The van der Waals surface area contributed by atoms with Crippen LogP contribution in [0.4, 0.5) is 17.5 Å². The van der Waals surface area contributed by atoms with E-state index in [1.54, 1.807) is 25.1 Å². The summed E-state index contributed by atoms with van der Waals surface area (Å²) in [4.78, 5) is 59.8. The Hall–Kier alpha value is -4.09. The molecule has 1 aromatic heterocycles. The monoisotopic (exact) mass is 499 g/mol. The molecule has 0 saturated carbocycles. The minimum atomic E-state index is -1.04. The molecule has 1 atom stereocenters. The number of ether oxygens (including phenoxy) is 3. The molecule has 12 heteroatoms. The van der Waals surface area contributed by atoms with Crippen LogP contribution in [-0.4, -0.2) is 61.7 Å². The van der Waals surface area contributed by atoms with Gasteiger partial charge in [0.15, 0.2) is 0 Å². The van der Waals surface area contributed by atoms with Gasteiger partial charge in [-0.15, -0.1) is 0 Å². The second-order valence-corrected chi connectivity index (χ2v) is 8.53. The van der Waals surface area contributed by atoms with E-state index in [0.29, 0.717) is 49.7 Å². The molecule has 1 fully saturated rings. The summed E-state index contributed by atoms with van der Waals surface area (Å²) in [5.41, 5.74) is -0.0459. The number of nitrogens with zero attached hydrogens (tertiary/aromatic N) is 2. The van der Waals surface area contributed by atoms with Crippen molar-refractivity contribution < 1.29 is 28.6 Å². The Balaban J connectivity index is 1.55. The van der Waals surface area contributed by atoms with E-state index in [2.05, 4.69) is 20.6 Å². The van der Waals surface area contributed by atoms with Gasteiger partial charge in [0.2, 0.25) is 17.8 Å². The minimum Gasteiger partial charge on any atom is -0.497 e. The highest BCUT2D eigenvalue weighted by Gasteiger charge is 2.36. The normalized spacial score (nSPS) is 17.6. The number of piperidine rings is 1. The predicted octanol–water partition coefficient (Wildman–Crippen LogP) is 1.63. The lowest BCUT2D eigenvalue weighted by Crippen LogP contribution is -2.41. The highest BCUT2D eigenvalue weighted by molar-refractivity contribution is 6.05. The van der Waals surface area contributed by atoms with Gasteiger partial charge in [-0.2, -0.15) is 4.98 Å². The van der Waals surface area contributed by atoms with Gasteiger partial charge >= 0.3 is 5.97 Å². The number of fused-ring (bicyclic) bond motifs is 1. The van der Waals surface area contributed by atoms with Gasteiger partial charge in [0.1, 0.15) is 17.3 Å². The first-order valence-electron chi connectivity index (χ1n) is 11.7. The van der Waals surface area contributed by atoms with Crippen LogP contribution in [0.25, 0.3) is 0 Å². The molecule has 2 amide bonds. The number of nitrogens with one attached hydrogen (secondary N) is 3. The maximum absolute atomic E-state index is 13.2. The van der Waals surface area contributed by atoms with Crippen LogP contribution in [0.15, 0.2) is 23.0 Å². The van der Waals surface area contributed by atoms with E-state index in [1.165, 1.54) is 14.2 Å². The standard InChI is InChI=1S/C24H29N5O7/c1-4-36-23(33)13-7-9-29(10-8-13)24-27-20-19(22(32)28-24)15(12-18(30)26-20)21(31)25-16-6-5-14(34-2)11-17(16)35-3/h5-6,11,13,15H,4,7-10,12H2,1-3H3,(H,25,31)(H2,26,27,28,30,32)/t15-/m1/s1. The van der Waals surface area contributed by atoms with E-state index in [4.69, 9.17) is 14.2 Å². The fourth-order valence-corrected chi connectivity index (χ4v) is 4.44. The van der Waals surface area contributed by atoms with Crippen LogP contribution in [0.1, 0.15) is 37.7 Å². The minimum absolute atomic E-state index is 0.0550. The second kappa shape index (κ2) is 10.7. The summed E-state index contributed by atoms with van der Waals surface area (Å²) in [6, 6.07) is 4.89. The first-order valence-corrected chi connectivity index (χ1v) is 11.7. The van der Waals surface area contributed by atoms with Gasteiger partial charge in [-0.3, -0.25) is 24.2 Å². The molecule has 4 rings (SSSR count). The lowest BCUT2D eigenvalue weighted by molar-refractivity contribution is -0.148. The molecule has 12 nitrogen and oxygen atoms in total. The van der Waals surface area contributed by atoms with Gasteiger partial charge in [-0.1, -0.05) is 0 Å². The molecular formula is C24H29N5O7. The van der Waals surface area contributed by atoms with Gasteiger partial charge in [0.05, 0.1) is 43.9 Å². The number of hydrogen-bond acceptors (Lipinski definition) is 9. The molecule has 0 radical (unpaired) electrons. The molecular weight excluding hydrogens is 470 g/mol. The fourth-order valence-electron chi connectivity index (χ4n) is 4.44. The van der Waals surface area contributed by atoms with E-state index < -0.39 is 23.3 Å². The van der Waals surface area contributed by atoms with Crippen LogP contribution < -0.4 is 30.6 Å². The van der Waals surface area contributed by atoms with E-state index in [1.807, 2.05) is 4.90 Å². The smallest absolute Gasteiger partial charge is 0.309 e. The summed E-state index contributed by atoms with van der Waals surface area (Å²) in [5.74, 6) is -1.17. The molecule has 0 bridgehead atoms. The van der Waals surface area contributed by atoms with E-state index in [9.17, 15) is 19.2 Å². The Morgan fingerprint density at radius 1 is 1.17 bits per heavy atom. The van der Waals surface area contributed by atoms with Gasteiger partial charge in [0.25, 0.3) is 5.56 Å². The Kier molecular flexibility index (Phi) is 7.41.